The van der Waals surface area contributed by atoms with E-state index in [1.165, 1.54) is 11.1 Å². The second-order valence-corrected chi connectivity index (χ2v) is 6.13. The fourth-order valence-corrected chi connectivity index (χ4v) is 1.96. The summed E-state index contributed by atoms with van der Waals surface area (Å²) in [5.41, 5.74) is 2.78. The minimum Gasteiger partial charge on any atom is -0.354 e. The lowest BCUT2D eigenvalue weighted by Crippen LogP contribution is -2.34. The molecular formula is C15H24N4. The lowest BCUT2D eigenvalue weighted by molar-refractivity contribution is 0.424. The molecule has 0 aliphatic carbocycles. The van der Waals surface area contributed by atoms with E-state index in [2.05, 4.69) is 60.4 Å². The first-order valence-corrected chi connectivity index (χ1v) is 6.79. The van der Waals surface area contributed by atoms with E-state index >= 15 is 0 Å². The normalized spacial score (nSPS) is 12.0. The summed E-state index contributed by atoms with van der Waals surface area (Å²) < 4.78 is 4.09. The van der Waals surface area contributed by atoms with E-state index < -0.39 is 0 Å². The molecule has 1 N–H and O–H groups in total. The Morgan fingerprint density at radius 3 is 2.63 bits per heavy atom. The lowest BCUT2D eigenvalue weighted by Gasteiger charge is -2.19. The quantitative estimate of drug-likeness (QED) is 0.895. The molecular weight excluding hydrogens is 236 g/mol. The van der Waals surface area contributed by atoms with Crippen molar-refractivity contribution < 1.29 is 0 Å². The molecule has 0 saturated carbocycles. The first-order chi connectivity index (χ1) is 8.92. The topological polar surface area (TPSA) is 34.8 Å². The van der Waals surface area contributed by atoms with Crippen molar-refractivity contribution in [3.8, 4) is 0 Å². The molecule has 0 unspecified atom stereocenters. The van der Waals surface area contributed by atoms with Crippen molar-refractivity contribution in [2.75, 3.05) is 0 Å². The molecule has 0 radical (unpaired) electrons. The third kappa shape index (κ3) is 4.56. The van der Waals surface area contributed by atoms with Gasteiger partial charge in [-0.2, -0.15) is 5.10 Å². The molecule has 0 aliphatic heterocycles. The van der Waals surface area contributed by atoms with Gasteiger partial charge in [-0.3, -0.25) is 4.68 Å². The summed E-state index contributed by atoms with van der Waals surface area (Å²) in [4.78, 5) is 0. The van der Waals surface area contributed by atoms with Crippen LogP contribution in [0.4, 0.5) is 0 Å². The van der Waals surface area contributed by atoms with Crippen LogP contribution in [0.5, 0.6) is 0 Å². The van der Waals surface area contributed by atoms with Crippen LogP contribution >= 0.6 is 0 Å². The highest BCUT2D eigenvalue weighted by molar-refractivity contribution is 5.11. The molecule has 2 heterocycles. The van der Waals surface area contributed by atoms with Gasteiger partial charge in [0.05, 0.1) is 6.20 Å². The molecule has 0 saturated heterocycles. The molecule has 4 nitrogen and oxygen atoms in total. The molecule has 0 atom stereocenters. The molecule has 0 aliphatic rings. The fraction of sp³-hybridized carbons (Fsp3) is 0.533. The van der Waals surface area contributed by atoms with E-state index in [4.69, 9.17) is 0 Å². The average Bonchev–Trinajstić information content (AvgIpc) is 2.92. The van der Waals surface area contributed by atoms with Crippen LogP contribution in [0.2, 0.25) is 0 Å². The molecule has 0 amide bonds. The van der Waals surface area contributed by atoms with Gasteiger partial charge >= 0.3 is 0 Å². The largest absolute Gasteiger partial charge is 0.354 e. The van der Waals surface area contributed by atoms with Crippen LogP contribution in [0.15, 0.2) is 30.9 Å². The third-order valence-electron chi connectivity index (χ3n) is 3.05. The number of nitrogens with zero attached hydrogens (tertiary/aromatic N) is 3. The van der Waals surface area contributed by atoms with Crippen LogP contribution < -0.4 is 5.32 Å². The highest BCUT2D eigenvalue weighted by Crippen LogP contribution is 2.07. The van der Waals surface area contributed by atoms with Crippen molar-refractivity contribution in [1.29, 1.82) is 0 Å². The van der Waals surface area contributed by atoms with Crippen LogP contribution in [0.1, 0.15) is 31.9 Å². The average molecular weight is 260 g/mol. The monoisotopic (exact) mass is 260 g/mol. The first-order valence-electron chi connectivity index (χ1n) is 6.79. The number of aryl methyl sites for hydroxylation is 3. The van der Waals surface area contributed by atoms with Gasteiger partial charge in [0.1, 0.15) is 0 Å². The summed E-state index contributed by atoms with van der Waals surface area (Å²) in [6, 6.07) is 2.18. The zero-order valence-corrected chi connectivity index (χ0v) is 12.3. The molecule has 19 heavy (non-hydrogen) atoms. The SMILES string of the molecule is Cn1cc(CCn2ccc(CNC(C)(C)C)c2)cn1. The minimum absolute atomic E-state index is 0.164. The summed E-state index contributed by atoms with van der Waals surface area (Å²) in [5, 5.41) is 7.69. The van der Waals surface area contributed by atoms with Crippen molar-refractivity contribution in [3.63, 3.8) is 0 Å². The summed E-state index contributed by atoms with van der Waals surface area (Å²) in [7, 11) is 1.95. The number of hydrogen-bond acceptors (Lipinski definition) is 2. The summed E-state index contributed by atoms with van der Waals surface area (Å²) in [6.07, 6.45) is 9.40. The van der Waals surface area contributed by atoms with Gasteiger partial charge in [0, 0.05) is 44.3 Å². The molecule has 2 rings (SSSR count). The van der Waals surface area contributed by atoms with Crippen molar-refractivity contribution in [2.24, 2.45) is 7.05 Å². The Kier molecular flexibility index (Phi) is 4.10. The van der Waals surface area contributed by atoms with Gasteiger partial charge in [0.2, 0.25) is 0 Å². The molecule has 0 spiro atoms. The Labute approximate surface area is 115 Å². The standard InChI is InChI=1S/C15H24N4/c1-15(2,3)16-9-13-5-7-19(12-13)8-6-14-10-17-18(4)11-14/h5,7,10-12,16H,6,8-9H2,1-4H3. The summed E-state index contributed by atoms with van der Waals surface area (Å²) in [5.74, 6) is 0. The molecule has 0 fully saturated rings. The molecule has 4 heteroatoms. The van der Waals surface area contributed by atoms with Crippen LogP contribution in [0.25, 0.3) is 0 Å². The van der Waals surface area contributed by atoms with Crippen molar-refractivity contribution >= 4 is 0 Å². The van der Waals surface area contributed by atoms with Crippen LogP contribution in [-0.2, 0) is 26.6 Å². The van der Waals surface area contributed by atoms with Gasteiger partial charge in [-0.1, -0.05) is 0 Å². The fourth-order valence-electron chi connectivity index (χ4n) is 1.96. The van der Waals surface area contributed by atoms with E-state index in [0.29, 0.717) is 0 Å². The van der Waals surface area contributed by atoms with Crippen molar-refractivity contribution in [1.82, 2.24) is 19.7 Å². The van der Waals surface area contributed by atoms with E-state index in [0.717, 1.165) is 19.5 Å². The molecule has 2 aromatic rings. The highest BCUT2D eigenvalue weighted by atomic mass is 15.2. The van der Waals surface area contributed by atoms with E-state index in [1.807, 2.05) is 17.9 Å². The maximum absolute atomic E-state index is 4.19. The molecule has 2 aromatic heterocycles. The highest BCUT2D eigenvalue weighted by Gasteiger charge is 2.08. The minimum atomic E-state index is 0.164. The zero-order valence-electron chi connectivity index (χ0n) is 12.3. The third-order valence-corrected chi connectivity index (χ3v) is 3.05. The van der Waals surface area contributed by atoms with Gasteiger partial charge in [-0.25, -0.2) is 0 Å². The van der Waals surface area contributed by atoms with Crippen molar-refractivity contribution in [3.05, 3.63) is 42.0 Å². The van der Waals surface area contributed by atoms with Gasteiger partial charge < -0.3 is 9.88 Å². The van der Waals surface area contributed by atoms with Crippen LogP contribution in [0.3, 0.4) is 0 Å². The van der Waals surface area contributed by atoms with Gasteiger partial charge in [-0.05, 0) is 44.4 Å². The number of rotatable bonds is 5. The number of aromatic nitrogens is 3. The summed E-state index contributed by atoms with van der Waals surface area (Å²) >= 11 is 0. The Hall–Kier alpha value is -1.55. The predicted octanol–water partition coefficient (Wildman–Crippen LogP) is 2.35. The van der Waals surface area contributed by atoms with Crippen LogP contribution in [0, 0.1) is 0 Å². The van der Waals surface area contributed by atoms with E-state index in [9.17, 15) is 0 Å². The Balaban J connectivity index is 1.84. The Morgan fingerprint density at radius 1 is 1.21 bits per heavy atom. The second kappa shape index (κ2) is 5.61. The second-order valence-electron chi connectivity index (χ2n) is 6.13. The van der Waals surface area contributed by atoms with Crippen molar-refractivity contribution in [2.45, 2.75) is 45.8 Å². The summed E-state index contributed by atoms with van der Waals surface area (Å²) in [6.45, 7) is 8.48. The number of hydrogen-bond donors (Lipinski definition) is 1. The van der Waals surface area contributed by atoms with Gasteiger partial charge in [0.25, 0.3) is 0 Å². The molecule has 0 aromatic carbocycles. The Morgan fingerprint density at radius 2 is 2.00 bits per heavy atom. The lowest BCUT2D eigenvalue weighted by atomic mass is 10.1. The zero-order chi connectivity index (χ0) is 13.9. The Bertz CT molecular complexity index is 516. The molecule has 0 bridgehead atoms. The maximum atomic E-state index is 4.19. The van der Waals surface area contributed by atoms with Crippen LogP contribution in [-0.4, -0.2) is 19.9 Å². The van der Waals surface area contributed by atoms with E-state index in [1.54, 1.807) is 0 Å². The van der Waals surface area contributed by atoms with E-state index in [-0.39, 0.29) is 5.54 Å². The molecule has 104 valence electrons. The number of nitrogens with one attached hydrogen (secondary N) is 1. The maximum Gasteiger partial charge on any atom is 0.0522 e. The van der Waals surface area contributed by atoms with Gasteiger partial charge in [0.15, 0.2) is 0 Å². The predicted molar refractivity (Wildman–Crippen MR) is 77.9 cm³/mol. The first kappa shape index (κ1) is 13.9. The van der Waals surface area contributed by atoms with Gasteiger partial charge in [-0.15, -0.1) is 0 Å². The smallest absolute Gasteiger partial charge is 0.0522 e.